The monoisotopic (exact) mass is 306 g/mol. The maximum absolute atomic E-state index is 10.9. The number of aliphatic hydroxyl groups is 2. The first kappa shape index (κ1) is 18.2. The van der Waals surface area contributed by atoms with E-state index in [0.717, 1.165) is 13.8 Å². The average molecular weight is 306 g/mol. The van der Waals surface area contributed by atoms with Crippen LogP contribution in [0.25, 0.3) is 0 Å². The van der Waals surface area contributed by atoms with Crippen LogP contribution in [0.3, 0.4) is 0 Å². The molecule has 0 fully saturated rings. The van der Waals surface area contributed by atoms with Crippen LogP contribution in [-0.2, 0) is 9.13 Å². The van der Waals surface area contributed by atoms with Gasteiger partial charge in [-0.25, -0.2) is 0 Å². The van der Waals surface area contributed by atoms with Gasteiger partial charge in [0.1, 0.15) is 0 Å². The second-order valence-electron chi connectivity index (χ2n) is 4.73. The van der Waals surface area contributed by atoms with Gasteiger partial charge in [0.05, 0.1) is 0 Å². The second-order valence-corrected chi connectivity index (χ2v) is 8.83. The van der Waals surface area contributed by atoms with Crippen LogP contribution >= 0.6 is 15.2 Å². The molecule has 0 aromatic rings. The predicted molar refractivity (Wildman–Crippen MR) is 63.8 cm³/mol. The van der Waals surface area contributed by atoms with Crippen LogP contribution in [0, 0.1) is 0 Å². The van der Waals surface area contributed by atoms with E-state index < -0.39 is 25.9 Å². The van der Waals surface area contributed by atoms with Gasteiger partial charge in [0.15, 0.2) is 10.7 Å². The molecule has 0 radical (unpaired) electrons. The Morgan fingerprint density at radius 1 is 0.778 bits per heavy atom. The Balaban J connectivity index is 4.26. The third kappa shape index (κ3) is 5.07. The molecule has 0 rings (SSSR count). The molecule has 2 unspecified atom stereocenters. The molecule has 0 saturated carbocycles. The van der Waals surface area contributed by atoms with Crippen molar-refractivity contribution in [2.75, 3.05) is 0 Å². The topological polar surface area (TPSA) is 156 Å². The van der Waals surface area contributed by atoms with Crippen LogP contribution in [0.4, 0.5) is 0 Å². The van der Waals surface area contributed by atoms with Gasteiger partial charge in [-0.1, -0.05) is 0 Å². The molecule has 0 aromatic carbocycles. The standard InChI is InChI=1S/C8H20O8P2/c1-7(9,17(11,12)13)5-3-4-6-8(2,10)18(14,15)16/h9-10H,3-6H2,1-2H3,(H2,11,12,13)(H2,14,15,16). The van der Waals surface area contributed by atoms with Gasteiger partial charge in [-0.2, -0.15) is 0 Å². The Hall–Kier alpha value is 0.220. The summed E-state index contributed by atoms with van der Waals surface area (Å²) in [6.45, 7) is 1.99. The van der Waals surface area contributed by atoms with Gasteiger partial charge in [-0.3, -0.25) is 9.13 Å². The molecule has 10 heteroatoms. The van der Waals surface area contributed by atoms with E-state index in [1.54, 1.807) is 0 Å². The molecule has 0 aliphatic carbocycles. The van der Waals surface area contributed by atoms with Crippen LogP contribution in [0.2, 0.25) is 0 Å². The van der Waals surface area contributed by atoms with Crippen molar-refractivity contribution in [3.8, 4) is 0 Å². The number of hydrogen-bond acceptors (Lipinski definition) is 4. The highest BCUT2D eigenvalue weighted by molar-refractivity contribution is 7.53. The first-order valence-corrected chi connectivity index (χ1v) is 8.49. The van der Waals surface area contributed by atoms with Gasteiger partial charge < -0.3 is 29.8 Å². The summed E-state index contributed by atoms with van der Waals surface area (Å²) in [6.07, 6.45) is -0.217. The van der Waals surface area contributed by atoms with E-state index in [4.69, 9.17) is 19.6 Å². The molecular formula is C8H20O8P2. The molecule has 8 nitrogen and oxygen atoms in total. The molecule has 0 spiro atoms. The van der Waals surface area contributed by atoms with Gasteiger partial charge in [-0.15, -0.1) is 0 Å². The third-order valence-electron chi connectivity index (χ3n) is 2.81. The first-order valence-electron chi connectivity index (χ1n) is 5.27. The van der Waals surface area contributed by atoms with E-state index in [1.165, 1.54) is 0 Å². The molecule has 18 heavy (non-hydrogen) atoms. The number of hydrogen-bond donors (Lipinski definition) is 6. The van der Waals surface area contributed by atoms with Crippen molar-refractivity contribution < 1.29 is 38.9 Å². The molecule has 0 aliphatic rings. The molecule has 6 N–H and O–H groups in total. The van der Waals surface area contributed by atoms with Crippen LogP contribution in [0.1, 0.15) is 39.5 Å². The Bertz CT molecular complexity index is 329. The van der Waals surface area contributed by atoms with Crippen molar-refractivity contribution in [1.82, 2.24) is 0 Å². The average Bonchev–Trinajstić information content (AvgIpc) is 2.08. The van der Waals surface area contributed by atoms with Crippen LogP contribution in [0.5, 0.6) is 0 Å². The highest BCUT2D eigenvalue weighted by Crippen LogP contribution is 2.53. The summed E-state index contributed by atoms with van der Waals surface area (Å²) in [5.74, 6) is 0. The van der Waals surface area contributed by atoms with E-state index >= 15 is 0 Å². The predicted octanol–water partition coefficient (Wildman–Crippen LogP) is 0.319. The zero-order chi connectivity index (χ0) is 14.8. The fraction of sp³-hybridized carbons (Fsp3) is 1.00. The number of unbranched alkanes of at least 4 members (excludes halogenated alkanes) is 1. The Labute approximate surface area is 105 Å². The van der Waals surface area contributed by atoms with Crippen LogP contribution < -0.4 is 0 Å². The third-order valence-corrected chi connectivity index (χ3v) is 5.76. The largest absolute Gasteiger partial charge is 0.378 e. The molecular weight excluding hydrogens is 286 g/mol. The molecule has 0 aromatic heterocycles. The van der Waals surface area contributed by atoms with Gasteiger partial charge in [0.2, 0.25) is 0 Å². The molecule has 0 aliphatic heterocycles. The minimum absolute atomic E-state index is 0.119. The molecule has 0 saturated heterocycles. The summed E-state index contributed by atoms with van der Waals surface area (Å²) in [4.78, 5) is 35.3. The SMILES string of the molecule is CC(O)(CCCCC(C)(O)P(=O)(O)O)P(=O)(O)O. The highest BCUT2D eigenvalue weighted by atomic mass is 31.2. The van der Waals surface area contributed by atoms with E-state index in [-0.39, 0.29) is 25.7 Å². The molecule has 110 valence electrons. The summed E-state index contributed by atoms with van der Waals surface area (Å²) < 4.78 is 21.7. The van der Waals surface area contributed by atoms with Gasteiger partial charge >= 0.3 is 15.2 Å². The maximum atomic E-state index is 10.9. The van der Waals surface area contributed by atoms with Crippen LogP contribution in [-0.4, -0.2) is 40.5 Å². The Kier molecular flexibility index (Phi) is 5.76. The summed E-state index contributed by atoms with van der Waals surface area (Å²) in [6, 6.07) is 0. The van der Waals surface area contributed by atoms with Gasteiger partial charge in [-0.05, 0) is 39.5 Å². The Morgan fingerprint density at radius 2 is 1.00 bits per heavy atom. The quantitative estimate of drug-likeness (QED) is 0.290. The van der Waals surface area contributed by atoms with E-state index in [9.17, 15) is 19.3 Å². The lowest BCUT2D eigenvalue weighted by atomic mass is 10.1. The van der Waals surface area contributed by atoms with Crippen molar-refractivity contribution in [2.24, 2.45) is 0 Å². The van der Waals surface area contributed by atoms with Crippen molar-refractivity contribution in [3.05, 3.63) is 0 Å². The zero-order valence-electron chi connectivity index (χ0n) is 10.2. The highest BCUT2D eigenvalue weighted by Gasteiger charge is 2.41. The fourth-order valence-corrected chi connectivity index (χ4v) is 2.11. The summed E-state index contributed by atoms with van der Waals surface area (Å²) in [7, 11) is -9.29. The molecule has 0 heterocycles. The lowest BCUT2D eigenvalue weighted by Gasteiger charge is -2.26. The maximum Gasteiger partial charge on any atom is 0.356 e. The molecule has 0 amide bonds. The minimum Gasteiger partial charge on any atom is -0.378 e. The van der Waals surface area contributed by atoms with Gasteiger partial charge in [0, 0.05) is 0 Å². The Morgan fingerprint density at radius 3 is 1.17 bits per heavy atom. The van der Waals surface area contributed by atoms with Crippen LogP contribution in [0.15, 0.2) is 0 Å². The zero-order valence-corrected chi connectivity index (χ0v) is 12.0. The van der Waals surface area contributed by atoms with Crippen molar-refractivity contribution in [1.29, 1.82) is 0 Å². The first-order chi connectivity index (χ1) is 7.71. The molecule has 0 bridgehead atoms. The number of rotatable bonds is 7. The lowest BCUT2D eigenvalue weighted by Crippen LogP contribution is -2.26. The van der Waals surface area contributed by atoms with Crippen molar-refractivity contribution in [2.45, 2.75) is 50.2 Å². The van der Waals surface area contributed by atoms with E-state index in [1.807, 2.05) is 0 Å². The van der Waals surface area contributed by atoms with E-state index in [0.29, 0.717) is 0 Å². The van der Waals surface area contributed by atoms with Gasteiger partial charge in [0.25, 0.3) is 0 Å². The van der Waals surface area contributed by atoms with E-state index in [2.05, 4.69) is 0 Å². The normalized spacial score (nSPS) is 20.2. The summed E-state index contributed by atoms with van der Waals surface area (Å²) >= 11 is 0. The second kappa shape index (κ2) is 5.69. The smallest absolute Gasteiger partial charge is 0.356 e. The summed E-state index contributed by atoms with van der Waals surface area (Å²) in [5, 5.41) is 14.6. The van der Waals surface area contributed by atoms with Crippen molar-refractivity contribution >= 4 is 15.2 Å². The summed E-state index contributed by atoms with van der Waals surface area (Å²) in [5.41, 5.74) is 0. The fourth-order valence-electron chi connectivity index (χ4n) is 1.21. The minimum atomic E-state index is -4.64. The lowest BCUT2D eigenvalue weighted by molar-refractivity contribution is 0.0836. The van der Waals surface area contributed by atoms with Crippen molar-refractivity contribution in [3.63, 3.8) is 0 Å². The molecule has 2 atom stereocenters.